The summed E-state index contributed by atoms with van der Waals surface area (Å²) in [6.07, 6.45) is 3.93. The maximum Gasteiger partial charge on any atom is 0.263 e. The molecule has 2 amide bonds. The zero-order chi connectivity index (χ0) is 16.2. The minimum absolute atomic E-state index is 0.127. The van der Waals surface area contributed by atoms with Crippen molar-refractivity contribution < 1.29 is 14.7 Å². The molecule has 0 aliphatic carbocycles. The lowest BCUT2D eigenvalue weighted by Crippen LogP contribution is -2.57. The fourth-order valence-electron chi connectivity index (χ4n) is 3.78. The Labute approximate surface area is 140 Å². The van der Waals surface area contributed by atoms with Gasteiger partial charge in [0.05, 0.1) is 4.88 Å². The quantitative estimate of drug-likeness (QED) is 0.836. The number of aliphatic hydroxyl groups excluding tert-OH is 1. The van der Waals surface area contributed by atoms with Gasteiger partial charge >= 0.3 is 0 Å². The van der Waals surface area contributed by atoms with Crippen LogP contribution in [0.25, 0.3) is 0 Å². The molecular weight excluding hydrogens is 312 g/mol. The zero-order valence-corrected chi connectivity index (χ0v) is 14.1. The Morgan fingerprint density at radius 2 is 2.22 bits per heavy atom. The number of carbonyl (C=O) groups is 2. The number of amides is 2. The normalized spacial score (nSPS) is 24.7. The van der Waals surface area contributed by atoms with Gasteiger partial charge in [0.15, 0.2) is 0 Å². The highest BCUT2D eigenvalue weighted by Crippen LogP contribution is 2.32. The second-order valence-corrected chi connectivity index (χ2v) is 7.35. The number of thiophene rings is 1. The van der Waals surface area contributed by atoms with Crippen LogP contribution in [0.4, 0.5) is 0 Å². The van der Waals surface area contributed by atoms with E-state index in [9.17, 15) is 9.59 Å². The first-order valence-corrected chi connectivity index (χ1v) is 9.32. The van der Waals surface area contributed by atoms with Gasteiger partial charge in [-0.25, -0.2) is 0 Å². The molecule has 23 heavy (non-hydrogen) atoms. The Kier molecular flexibility index (Phi) is 5.33. The van der Waals surface area contributed by atoms with Gasteiger partial charge in [-0.15, -0.1) is 11.3 Å². The molecule has 2 fully saturated rings. The molecule has 0 aromatic carbocycles. The Morgan fingerprint density at radius 1 is 1.35 bits per heavy atom. The molecule has 6 heteroatoms. The topological polar surface area (TPSA) is 60.9 Å². The van der Waals surface area contributed by atoms with E-state index >= 15 is 0 Å². The molecule has 1 N–H and O–H groups in total. The van der Waals surface area contributed by atoms with Crippen molar-refractivity contribution in [3.05, 3.63) is 22.4 Å². The van der Waals surface area contributed by atoms with E-state index in [2.05, 4.69) is 0 Å². The lowest BCUT2D eigenvalue weighted by atomic mass is 9.83. The van der Waals surface area contributed by atoms with Gasteiger partial charge in [0.2, 0.25) is 5.91 Å². The van der Waals surface area contributed by atoms with E-state index in [1.54, 1.807) is 0 Å². The van der Waals surface area contributed by atoms with Gasteiger partial charge in [-0.05, 0) is 43.0 Å². The molecule has 1 aromatic heterocycles. The number of carbonyl (C=O) groups excluding carboxylic acids is 2. The number of hydrogen-bond donors (Lipinski definition) is 1. The first kappa shape index (κ1) is 16.5. The second kappa shape index (κ2) is 7.45. The smallest absolute Gasteiger partial charge is 0.263 e. The standard InChI is InChI=1S/C17H24N2O3S/c20-10-2-1-8-19-14-7-9-18(12-13(14)5-6-16(19)21)17(22)15-4-3-11-23-15/h3-4,11,13-14,20H,1-2,5-10,12H2/t13-,14+/m0/s1. The van der Waals surface area contributed by atoms with Gasteiger partial charge in [0.1, 0.15) is 0 Å². The Balaban J connectivity index is 1.63. The molecule has 3 rings (SSSR count). The van der Waals surface area contributed by atoms with Crippen LogP contribution in [0.15, 0.2) is 17.5 Å². The summed E-state index contributed by atoms with van der Waals surface area (Å²) in [5.74, 6) is 0.754. The number of nitrogens with zero attached hydrogens (tertiary/aromatic N) is 2. The van der Waals surface area contributed by atoms with E-state index in [-0.39, 0.29) is 24.5 Å². The molecule has 5 nitrogen and oxygen atoms in total. The number of fused-ring (bicyclic) bond motifs is 1. The van der Waals surface area contributed by atoms with Crippen LogP contribution in [-0.2, 0) is 4.79 Å². The van der Waals surface area contributed by atoms with Crippen LogP contribution in [0.3, 0.4) is 0 Å². The Morgan fingerprint density at radius 3 is 2.96 bits per heavy atom. The number of aliphatic hydroxyl groups is 1. The maximum absolute atomic E-state index is 12.5. The highest BCUT2D eigenvalue weighted by atomic mass is 32.1. The van der Waals surface area contributed by atoms with E-state index in [4.69, 9.17) is 5.11 Å². The predicted octanol–water partition coefficient (Wildman–Crippen LogP) is 1.97. The van der Waals surface area contributed by atoms with Crippen molar-refractivity contribution in [3.63, 3.8) is 0 Å². The minimum atomic E-state index is 0.127. The van der Waals surface area contributed by atoms with Crippen molar-refractivity contribution in [2.24, 2.45) is 5.92 Å². The molecule has 0 unspecified atom stereocenters. The SMILES string of the molecule is O=C(c1cccs1)N1CC[C@@H]2[C@@H](CCC(=O)N2CCCCO)C1. The van der Waals surface area contributed by atoms with Gasteiger partial charge in [0, 0.05) is 38.7 Å². The number of likely N-dealkylation sites (tertiary alicyclic amines) is 2. The molecule has 2 aliphatic heterocycles. The average Bonchev–Trinajstić information content (AvgIpc) is 3.10. The van der Waals surface area contributed by atoms with Crippen LogP contribution in [0, 0.1) is 5.92 Å². The van der Waals surface area contributed by atoms with Crippen molar-refractivity contribution in [1.29, 1.82) is 0 Å². The van der Waals surface area contributed by atoms with Crippen LogP contribution < -0.4 is 0 Å². The zero-order valence-electron chi connectivity index (χ0n) is 13.3. The molecular formula is C17H24N2O3S. The number of piperidine rings is 2. The Bertz CT molecular complexity index is 546. The molecule has 0 bridgehead atoms. The van der Waals surface area contributed by atoms with Gasteiger partial charge in [0.25, 0.3) is 5.91 Å². The van der Waals surface area contributed by atoms with E-state index in [0.29, 0.717) is 12.3 Å². The highest BCUT2D eigenvalue weighted by Gasteiger charge is 2.40. The summed E-state index contributed by atoms with van der Waals surface area (Å²) in [7, 11) is 0. The summed E-state index contributed by atoms with van der Waals surface area (Å²) in [5, 5.41) is 10.9. The van der Waals surface area contributed by atoms with Crippen molar-refractivity contribution >= 4 is 23.2 Å². The first-order valence-electron chi connectivity index (χ1n) is 8.44. The second-order valence-electron chi connectivity index (χ2n) is 6.40. The number of rotatable bonds is 5. The first-order chi connectivity index (χ1) is 11.2. The summed E-state index contributed by atoms with van der Waals surface area (Å²) >= 11 is 1.49. The monoisotopic (exact) mass is 336 g/mol. The lowest BCUT2D eigenvalue weighted by Gasteiger charge is -2.47. The summed E-state index contributed by atoms with van der Waals surface area (Å²) < 4.78 is 0. The van der Waals surface area contributed by atoms with Crippen LogP contribution in [0.1, 0.15) is 41.8 Å². The third-order valence-corrected chi connectivity index (χ3v) is 5.83. The molecule has 3 heterocycles. The molecule has 2 atom stereocenters. The lowest BCUT2D eigenvalue weighted by molar-refractivity contribution is -0.140. The largest absolute Gasteiger partial charge is 0.396 e. The van der Waals surface area contributed by atoms with Gasteiger partial charge in [-0.1, -0.05) is 6.07 Å². The van der Waals surface area contributed by atoms with E-state index < -0.39 is 0 Å². The molecule has 2 saturated heterocycles. The van der Waals surface area contributed by atoms with Crippen molar-refractivity contribution in [3.8, 4) is 0 Å². The van der Waals surface area contributed by atoms with Gasteiger partial charge in [-0.3, -0.25) is 9.59 Å². The average molecular weight is 336 g/mol. The maximum atomic E-state index is 12.5. The molecule has 1 aromatic rings. The van der Waals surface area contributed by atoms with Crippen LogP contribution in [-0.4, -0.2) is 59.0 Å². The molecule has 126 valence electrons. The Hall–Kier alpha value is -1.40. The summed E-state index contributed by atoms with van der Waals surface area (Å²) in [6, 6.07) is 4.06. The highest BCUT2D eigenvalue weighted by molar-refractivity contribution is 7.12. The summed E-state index contributed by atoms with van der Waals surface area (Å²) in [6.45, 7) is 2.39. The minimum Gasteiger partial charge on any atom is -0.396 e. The third kappa shape index (κ3) is 3.58. The van der Waals surface area contributed by atoms with Crippen molar-refractivity contribution in [1.82, 2.24) is 9.80 Å². The van der Waals surface area contributed by atoms with Crippen LogP contribution >= 0.6 is 11.3 Å². The number of unbranched alkanes of at least 4 members (excludes halogenated alkanes) is 1. The van der Waals surface area contributed by atoms with Crippen LogP contribution in [0.2, 0.25) is 0 Å². The molecule has 2 aliphatic rings. The van der Waals surface area contributed by atoms with Crippen molar-refractivity contribution in [2.75, 3.05) is 26.2 Å². The fraction of sp³-hybridized carbons (Fsp3) is 0.647. The van der Waals surface area contributed by atoms with E-state index in [1.165, 1.54) is 11.3 Å². The van der Waals surface area contributed by atoms with Gasteiger partial charge in [-0.2, -0.15) is 0 Å². The number of hydrogen-bond acceptors (Lipinski definition) is 4. The van der Waals surface area contributed by atoms with Crippen molar-refractivity contribution in [2.45, 2.75) is 38.1 Å². The van der Waals surface area contributed by atoms with E-state index in [1.807, 2.05) is 27.3 Å². The summed E-state index contributed by atoms with van der Waals surface area (Å²) in [4.78, 5) is 29.5. The van der Waals surface area contributed by atoms with Gasteiger partial charge < -0.3 is 14.9 Å². The van der Waals surface area contributed by atoms with Crippen LogP contribution in [0.5, 0.6) is 0 Å². The molecule has 0 spiro atoms. The van der Waals surface area contributed by atoms with E-state index in [0.717, 1.165) is 50.2 Å². The summed E-state index contributed by atoms with van der Waals surface area (Å²) in [5.41, 5.74) is 0. The fourth-order valence-corrected chi connectivity index (χ4v) is 4.47. The molecule has 0 radical (unpaired) electrons. The third-order valence-electron chi connectivity index (χ3n) is 4.97. The molecule has 0 saturated carbocycles. The predicted molar refractivity (Wildman–Crippen MR) is 89.4 cm³/mol.